The van der Waals surface area contributed by atoms with Crippen LogP contribution in [0.1, 0.15) is 25.0 Å². The maximum Gasteiger partial charge on any atom is 0.264 e. The molecule has 0 saturated carbocycles. The molecule has 1 aromatic carbocycles. The fraction of sp³-hybridized carbons (Fsp3) is 0.222. The Bertz CT molecular complexity index is 1040. The zero-order chi connectivity index (χ0) is 23.3. The van der Waals surface area contributed by atoms with Gasteiger partial charge in [-0.15, -0.1) is 0 Å². The molecule has 0 fully saturated rings. The number of hydrogen-bond donors (Lipinski definition) is 1. The average molecular weight is 417 g/mol. The number of aliphatic hydroxyl groups is 1. The van der Waals surface area contributed by atoms with Crippen LogP contribution in [-0.4, -0.2) is 34.9 Å². The van der Waals surface area contributed by atoms with E-state index in [1.165, 1.54) is 20.9 Å². The summed E-state index contributed by atoms with van der Waals surface area (Å²) in [5.41, 5.74) is 4.30. The number of carbonyl (C=O) groups excluding carboxylic acids is 1. The van der Waals surface area contributed by atoms with E-state index in [4.69, 9.17) is 0 Å². The van der Waals surface area contributed by atoms with Gasteiger partial charge < -0.3 is 10.0 Å². The van der Waals surface area contributed by atoms with Crippen LogP contribution in [0.3, 0.4) is 0 Å². The van der Waals surface area contributed by atoms with Crippen molar-refractivity contribution in [2.45, 2.75) is 26.2 Å². The van der Waals surface area contributed by atoms with Crippen molar-refractivity contribution in [3.05, 3.63) is 120 Å². The normalized spacial score (nSPS) is 16.1. The fourth-order valence-electron chi connectivity index (χ4n) is 3.39. The van der Waals surface area contributed by atoms with Crippen molar-refractivity contribution >= 4 is 5.91 Å². The molecule has 0 unspecified atom stereocenters. The van der Waals surface area contributed by atoms with Gasteiger partial charge in [-0.2, -0.15) is 0 Å². The number of rotatable bonds is 7. The standard InChI is InChI=1S/C27H32N2O2/c1-9-22(18-20(3)27(5,6)24-17-13-10-14-19(24)2)15-11-12-16-23-25(30)28(7)21(4)29(8)26(23)31/h9-18,30H,1,3-4H2,2,5-8H3/b15-11+,16-12+,22-18+. The van der Waals surface area contributed by atoms with E-state index in [9.17, 15) is 9.90 Å². The number of likely N-dealkylation sites (N-methyl/N-ethyl adjacent to an activating group) is 1. The van der Waals surface area contributed by atoms with Crippen molar-refractivity contribution < 1.29 is 9.90 Å². The molecule has 0 atom stereocenters. The highest BCUT2D eigenvalue weighted by molar-refractivity contribution is 5.98. The molecule has 1 amide bonds. The maximum absolute atomic E-state index is 12.4. The van der Waals surface area contributed by atoms with Crippen LogP contribution in [0.4, 0.5) is 0 Å². The number of nitrogens with zero attached hydrogens (tertiary/aromatic N) is 2. The van der Waals surface area contributed by atoms with Crippen LogP contribution >= 0.6 is 0 Å². The number of allylic oxidation sites excluding steroid dienone is 7. The summed E-state index contributed by atoms with van der Waals surface area (Å²) >= 11 is 0. The molecule has 2 rings (SSSR count). The molecular weight excluding hydrogens is 384 g/mol. The summed E-state index contributed by atoms with van der Waals surface area (Å²) in [6, 6.07) is 8.31. The summed E-state index contributed by atoms with van der Waals surface area (Å²) in [5.74, 6) is -0.00876. The molecule has 162 valence electrons. The van der Waals surface area contributed by atoms with Gasteiger partial charge in [-0.05, 0) is 35.3 Å². The van der Waals surface area contributed by atoms with Gasteiger partial charge in [0.25, 0.3) is 5.91 Å². The Hall–Kier alpha value is -3.53. The second-order valence-corrected chi connectivity index (χ2v) is 8.11. The molecule has 1 heterocycles. The predicted octanol–water partition coefficient (Wildman–Crippen LogP) is 5.70. The molecule has 4 heteroatoms. The van der Waals surface area contributed by atoms with E-state index in [1.54, 1.807) is 38.4 Å². The van der Waals surface area contributed by atoms with Crippen molar-refractivity contribution in [3.63, 3.8) is 0 Å². The van der Waals surface area contributed by atoms with Crippen molar-refractivity contribution in [2.24, 2.45) is 0 Å². The van der Waals surface area contributed by atoms with Gasteiger partial charge in [0.05, 0.1) is 0 Å². The highest BCUT2D eigenvalue weighted by Crippen LogP contribution is 2.34. The molecule has 0 spiro atoms. The van der Waals surface area contributed by atoms with Crippen molar-refractivity contribution in [3.8, 4) is 0 Å². The summed E-state index contributed by atoms with van der Waals surface area (Å²) in [7, 11) is 3.28. The fourth-order valence-corrected chi connectivity index (χ4v) is 3.39. The number of aliphatic hydroxyl groups excluding tert-OH is 1. The third-order valence-electron chi connectivity index (χ3n) is 5.73. The SMILES string of the molecule is C=CC(/C=C/C=C/C1=C(O)N(C)C(=C)N(C)C1=O)=C\C(=C)C(C)(C)c1ccccc1C. The highest BCUT2D eigenvalue weighted by atomic mass is 16.3. The molecule has 1 aromatic rings. The lowest BCUT2D eigenvalue weighted by Crippen LogP contribution is -2.40. The summed E-state index contributed by atoms with van der Waals surface area (Å²) in [6.07, 6.45) is 10.8. The van der Waals surface area contributed by atoms with E-state index < -0.39 is 0 Å². The van der Waals surface area contributed by atoms with Gasteiger partial charge in [0.15, 0.2) is 0 Å². The minimum absolute atomic E-state index is 0.120. The second kappa shape index (κ2) is 9.52. The topological polar surface area (TPSA) is 43.8 Å². The molecule has 0 saturated heterocycles. The number of aryl methyl sites for hydroxylation is 1. The number of amides is 1. The zero-order valence-corrected chi connectivity index (χ0v) is 19.1. The summed E-state index contributed by atoms with van der Waals surface area (Å²) in [4.78, 5) is 15.3. The third kappa shape index (κ3) is 4.97. The Balaban J connectivity index is 2.22. The van der Waals surface area contributed by atoms with Gasteiger partial charge in [0, 0.05) is 19.5 Å². The van der Waals surface area contributed by atoms with Crippen LogP contribution in [0.15, 0.2) is 109 Å². The van der Waals surface area contributed by atoms with Crippen molar-refractivity contribution in [1.29, 1.82) is 0 Å². The Morgan fingerprint density at radius 1 is 1.13 bits per heavy atom. The van der Waals surface area contributed by atoms with E-state index in [0.29, 0.717) is 5.82 Å². The number of carbonyl (C=O) groups is 1. The Morgan fingerprint density at radius 3 is 2.39 bits per heavy atom. The molecule has 0 bridgehead atoms. The monoisotopic (exact) mass is 416 g/mol. The van der Waals surface area contributed by atoms with Gasteiger partial charge in [-0.3, -0.25) is 9.69 Å². The lowest BCUT2D eigenvalue weighted by molar-refractivity contribution is -0.126. The second-order valence-electron chi connectivity index (χ2n) is 8.11. The summed E-state index contributed by atoms with van der Waals surface area (Å²) < 4.78 is 0. The Labute approximate surface area is 186 Å². The van der Waals surface area contributed by atoms with E-state index >= 15 is 0 Å². The largest absolute Gasteiger partial charge is 0.494 e. The van der Waals surface area contributed by atoms with Crippen LogP contribution in [0.25, 0.3) is 0 Å². The summed E-state index contributed by atoms with van der Waals surface area (Å²) in [6.45, 7) is 18.4. The average Bonchev–Trinajstić information content (AvgIpc) is 2.74. The van der Waals surface area contributed by atoms with Crippen LogP contribution in [0.2, 0.25) is 0 Å². The molecule has 0 aliphatic carbocycles. The van der Waals surface area contributed by atoms with Crippen LogP contribution in [-0.2, 0) is 10.2 Å². The van der Waals surface area contributed by atoms with Crippen LogP contribution in [0.5, 0.6) is 0 Å². The van der Waals surface area contributed by atoms with E-state index in [1.807, 2.05) is 24.3 Å². The van der Waals surface area contributed by atoms with E-state index in [-0.39, 0.29) is 22.8 Å². The first kappa shape index (κ1) is 23.7. The molecule has 1 aliphatic rings. The molecule has 1 N–H and O–H groups in total. The Morgan fingerprint density at radius 2 is 1.77 bits per heavy atom. The highest BCUT2D eigenvalue weighted by Gasteiger charge is 2.29. The lowest BCUT2D eigenvalue weighted by Gasteiger charge is -2.33. The van der Waals surface area contributed by atoms with Crippen molar-refractivity contribution in [1.82, 2.24) is 9.80 Å². The van der Waals surface area contributed by atoms with Gasteiger partial charge in [-0.25, -0.2) is 0 Å². The van der Waals surface area contributed by atoms with Gasteiger partial charge >= 0.3 is 0 Å². The quantitative estimate of drug-likeness (QED) is 0.580. The van der Waals surface area contributed by atoms with Gasteiger partial charge in [0.1, 0.15) is 11.4 Å². The lowest BCUT2D eigenvalue weighted by atomic mass is 9.76. The Kier molecular flexibility index (Phi) is 7.29. The maximum atomic E-state index is 12.4. The van der Waals surface area contributed by atoms with Crippen LogP contribution < -0.4 is 0 Å². The van der Waals surface area contributed by atoms with E-state index in [0.717, 1.165) is 11.1 Å². The van der Waals surface area contributed by atoms with Gasteiger partial charge in [0.2, 0.25) is 5.88 Å². The first-order chi connectivity index (χ1) is 14.5. The minimum atomic E-state index is -0.307. The smallest absolute Gasteiger partial charge is 0.264 e. The molecule has 0 aromatic heterocycles. The van der Waals surface area contributed by atoms with Gasteiger partial charge in [-0.1, -0.05) is 88.2 Å². The molecule has 31 heavy (non-hydrogen) atoms. The minimum Gasteiger partial charge on any atom is -0.494 e. The first-order valence-electron chi connectivity index (χ1n) is 10.1. The molecule has 0 radical (unpaired) electrons. The zero-order valence-electron chi connectivity index (χ0n) is 19.1. The number of hydrogen-bond acceptors (Lipinski definition) is 3. The predicted molar refractivity (Wildman–Crippen MR) is 129 cm³/mol. The van der Waals surface area contributed by atoms with E-state index in [2.05, 4.69) is 52.6 Å². The first-order valence-corrected chi connectivity index (χ1v) is 10.1. The third-order valence-corrected chi connectivity index (χ3v) is 5.73. The number of benzene rings is 1. The molecule has 1 aliphatic heterocycles. The molecule has 4 nitrogen and oxygen atoms in total. The summed E-state index contributed by atoms with van der Waals surface area (Å²) in [5, 5.41) is 10.3. The molecular formula is C27H32N2O2. The van der Waals surface area contributed by atoms with Crippen molar-refractivity contribution in [2.75, 3.05) is 14.1 Å². The van der Waals surface area contributed by atoms with Crippen LogP contribution in [0, 0.1) is 6.92 Å².